The summed E-state index contributed by atoms with van der Waals surface area (Å²) in [5, 5.41) is 9.42. The Labute approximate surface area is 141 Å². The minimum atomic E-state index is -0.512. The fraction of sp³-hybridized carbons (Fsp3) is 0.611. The van der Waals surface area contributed by atoms with Crippen molar-refractivity contribution in [3.63, 3.8) is 0 Å². The molecule has 128 valence electrons. The fourth-order valence-corrected chi connectivity index (χ4v) is 3.75. The largest absolute Gasteiger partial charge is 0.354 e. The molecule has 4 rings (SSSR count). The fourth-order valence-electron chi connectivity index (χ4n) is 3.75. The molecule has 3 heterocycles. The number of ether oxygens (including phenoxy) is 5. The van der Waals surface area contributed by atoms with E-state index in [1.165, 1.54) is 0 Å². The molecule has 3 saturated heterocycles. The number of rotatable bonds is 3. The van der Waals surface area contributed by atoms with Crippen LogP contribution in [0, 0.1) is 17.2 Å². The maximum Gasteiger partial charge on any atom is 0.184 e. The van der Waals surface area contributed by atoms with Gasteiger partial charge < -0.3 is 23.7 Å². The van der Waals surface area contributed by atoms with Crippen LogP contribution < -0.4 is 0 Å². The number of hydrogen-bond donors (Lipinski definition) is 0. The molecule has 0 aromatic heterocycles. The SMILES string of the molecule is CCO[C@@H]1C[C@@H]2[C@H](O1)[C@@H]1O[C@H](c3ccccc3)OC[C@H]1O[C@H]2C#N. The second kappa shape index (κ2) is 6.79. The Morgan fingerprint density at radius 3 is 2.75 bits per heavy atom. The molecule has 0 spiro atoms. The number of hydrogen-bond acceptors (Lipinski definition) is 6. The van der Waals surface area contributed by atoms with Crippen LogP contribution in [0.1, 0.15) is 25.2 Å². The summed E-state index contributed by atoms with van der Waals surface area (Å²) in [5.74, 6) is -0.0395. The highest BCUT2D eigenvalue weighted by Crippen LogP contribution is 2.43. The van der Waals surface area contributed by atoms with E-state index in [-0.39, 0.29) is 30.5 Å². The van der Waals surface area contributed by atoms with Crippen molar-refractivity contribution in [3.05, 3.63) is 35.9 Å². The quantitative estimate of drug-likeness (QED) is 0.845. The first-order valence-electron chi connectivity index (χ1n) is 8.44. The summed E-state index contributed by atoms with van der Waals surface area (Å²) >= 11 is 0. The monoisotopic (exact) mass is 331 g/mol. The molecule has 1 aromatic rings. The van der Waals surface area contributed by atoms with Gasteiger partial charge in [0.05, 0.1) is 18.8 Å². The van der Waals surface area contributed by atoms with E-state index in [0.29, 0.717) is 19.6 Å². The normalized spacial score (nSPS) is 41.2. The maximum atomic E-state index is 9.42. The Morgan fingerprint density at radius 1 is 1.17 bits per heavy atom. The summed E-state index contributed by atoms with van der Waals surface area (Å²) in [6.07, 6.45) is -1.36. The van der Waals surface area contributed by atoms with Crippen LogP contribution in [-0.4, -0.2) is 43.9 Å². The van der Waals surface area contributed by atoms with E-state index >= 15 is 0 Å². The molecule has 0 radical (unpaired) electrons. The summed E-state index contributed by atoms with van der Waals surface area (Å²) < 4.78 is 29.6. The van der Waals surface area contributed by atoms with E-state index in [1.807, 2.05) is 37.3 Å². The van der Waals surface area contributed by atoms with Crippen LogP contribution >= 0.6 is 0 Å². The van der Waals surface area contributed by atoms with Crippen molar-refractivity contribution >= 4 is 0 Å². The minimum absolute atomic E-state index is 0.0395. The number of nitriles is 1. The van der Waals surface area contributed by atoms with Crippen LogP contribution in [0.3, 0.4) is 0 Å². The van der Waals surface area contributed by atoms with Gasteiger partial charge in [-0.05, 0) is 6.92 Å². The Balaban J connectivity index is 1.54. The van der Waals surface area contributed by atoms with Gasteiger partial charge in [0.1, 0.15) is 18.3 Å². The van der Waals surface area contributed by atoms with Gasteiger partial charge in [-0.3, -0.25) is 0 Å². The molecule has 6 heteroatoms. The first kappa shape index (κ1) is 16.0. The number of benzene rings is 1. The molecular formula is C18H21NO5. The van der Waals surface area contributed by atoms with Crippen molar-refractivity contribution < 1.29 is 23.7 Å². The van der Waals surface area contributed by atoms with E-state index < -0.39 is 12.4 Å². The molecule has 0 unspecified atom stereocenters. The molecule has 1 aromatic carbocycles. The van der Waals surface area contributed by atoms with E-state index in [9.17, 15) is 5.26 Å². The topological polar surface area (TPSA) is 69.9 Å². The van der Waals surface area contributed by atoms with Crippen molar-refractivity contribution in [1.82, 2.24) is 0 Å². The lowest BCUT2D eigenvalue weighted by Crippen LogP contribution is -2.57. The van der Waals surface area contributed by atoms with Gasteiger partial charge in [0.25, 0.3) is 0 Å². The highest BCUT2D eigenvalue weighted by atomic mass is 16.7. The van der Waals surface area contributed by atoms with Gasteiger partial charge in [-0.1, -0.05) is 30.3 Å². The van der Waals surface area contributed by atoms with Gasteiger partial charge in [0.15, 0.2) is 12.6 Å². The highest BCUT2D eigenvalue weighted by Gasteiger charge is 2.55. The van der Waals surface area contributed by atoms with Crippen LogP contribution in [-0.2, 0) is 23.7 Å². The van der Waals surface area contributed by atoms with Gasteiger partial charge in [-0.25, -0.2) is 0 Å². The summed E-state index contributed by atoms with van der Waals surface area (Å²) in [4.78, 5) is 0. The Bertz CT molecular complexity index is 603. The molecule has 7 atom stereocenters. The molecular weight excluding hydrogens is 310 g/mol. The zero-order valence-electron chi connectivity index (χ0n) is 13.5. The zero-order valence-corrected chi connectivity index (χ0v) is 13.5. The lowest BCUT2D eigenvalue weighted by atomic mass is 9.86. The number of nitrogens with zero attached hydrogens (tertiary/aromatic N) is 1. The minimum Gasteiger partial charge on any atom is -0.354 e. The molecule has 0 N–H and O–H groups in total. The van der Waals surface area contributed by atoms with Crippen LogP contribution in [0.2, 0.25) is 0 Å². The molecule has 3 fully saturated rings. The van der Waals surface area contributed by atoms with Crippen molar-refractivity contribution in [1.29, 1.82) is 5.26 Å². The zero-order chi connectivity index (χ0) is 16.5. The molecule has 3 aliphatic rings. The van der Waals surface area contributed by atoms with Crippen molar-refractivity contribution in [2.75, 3.05) is 13.2 Å². The average molecular weight is 331 g/mol. The maximum absolute atomic E-state index is 9.42. The van der Waals surface area contributed by atoms with E-state index in [0.717, 1.165) is 5.56 Å². The third-order valence-corrected chi connectivity index (χ3v) is 4.84. The molecule has 0 amide bonds. The smallest absolute Gasteiger partial charge is 0.184 e. The summed E-state index contributed by atoms with van der Waals surface area (Å²) in [6.45, 7) is 2.89. The number of fused-ring (bicyclic) bond motifs is 3. The first-order valence-corrected chi connectivity index (χ1v) is 8.44. The van der Waals surface area contributed by atoms with Gasteiger partial charge in [-0.2, -0.15) is 5.26 Å². The van der Waals surface area contributed by atoms with Crippen LogP contribution in [0.15, 0.2) is 30.3 Å². The Hall–Kier alpha value is -1.49. The predicted molar refractivity (Wildman–Crippen MR) is 82.7 cm³/mol. The average Bonchev–Trinajstić information content (AvgIpc) is 3.06. The lowest BCUT2D eigenvalue weighted by Gasteiger charge is -2.45. The van der Waals surface area contributed by atoms with Crippen molar-refractivity contribution in [2.45, 2.75) is 50.3 Å². The lowest BCUT2D eigenvalue weighted by molar-refractivity contribution is -0.317. The molecule has 24 heavy (non-hydrogen) atoms. The second-order valence-electron chi connectivity index (χ2n) is 6.29. The molecule has 3 aliphatic heterocycles. The first-order chi connectivity index (χ1) is 11.8. The summed E-state index contributed by atoms with van der Waals surface area (Å²) in [7, 11) is 0. The summed E-state index contributed by atoms with van der Waals surface area (Å²) in [5.41, 5.74) is 0.967. The van der Waals surface area contributed by atoms with Crippen molar-refractivity contribution in [3.8, 4) is 6.07 Å². The van der Waals surface area contributed by atoms with Crippen molar-refractivity contribution in [2.24, 2.45) is 5.92 Å². The Morgan fingerprint density at radius 2 is 2.00 bits per heavy atom. The van der Waals surface area contributed by atoms with Crippen LogP contribution in [0.25, 0.3) is 0 Å². The second-order valence-corrected chi connectivity index (χ2v) is 6.29. The predicted octanol–water partition coefficient (Wildman–Crippen LogP) is 2.16. The van der Waals surface area contributed by atoms with E-state index in [2.05, 4.69) is 6.07 Å². The van der Waals surface area contributed by atoms with Gasteiger partial charge >= 0.3 is 0 Å². The third-order valence-electron chi connectivity index (χ3n) is 4.84. The summed E-state index contributed by atoms with van der Waals surface area (Å²) in [6, 6.07) is 12.1. The molecule has 6 nitrogen and oxygen atoms in total. The molecule has 0 aliphatic carbocycles. The Kier molecular flexibility index (Phi) is 4.53. The van der Waals surface area contributed by atoms with E-state index in [1.54, 1.807) is 0 Å². The van der Waals surface area contributed by atoms with Crippen LogP contribution in [0.5, 0.6) is 0 Å². The third kappa shape index (κ3) is 2.83. The van der Waals surface area contributed by atoms with E-state index in [4.69, 9.17) is 23.7 Å². The van der Waals surface area contributed by atoms with Gasteiger partial charge in [-0.15, -0.1) is 0 Å². The van der Waals surface area contributed by atoms with Gasteiger partial charge in [0.2, 0.25) is 0 Å². The molecule has 0 saturated carbocycles. The molecule has 0 bridgehead atoms. The van der Waals surface area contributed by atoms with Crippen LogP contribution in [0.4, 0.5) is 0 Å². The highest BCUT2D eigenvalue weighted by molar-refractivity contribution is 5.17. The standard InChI is InChI=1S/C18H21NO5/c1-2-20-15-8-12-13(9-19)22-14-10-21-18(11-6-4-3-5-7-11)24-17(14)16(12)23-15/h3-7,12-18H,2,8,10H2,1H3/t12-,13-,14+,15-,16-,17+,18+/m0/s1. The van der Waals surface area contributed by atoms with Gasteiger partial charge in [0, 0.05) is 24.5 Å².